The Morgan fingerprint density at radius 2 is 1.10 bits per heavy atom. The lowest BCUT2D eigenvalue weighted by Gasteiger charge is -2.49. The molecule has 0 saturated carbocycles. The topological polar surface area (TPSA) is 43.3 Å². The van der Waals surface area contributed by atoms with E-state index in [0.717, 1.165) is 6.42 Å². The van der Waals surface area contributed by atoms with Gasteiger partial charge in [-0.05, 0) is 30.7 Å². The van der Waals surface area contributed by atoms with Crippen LogP contribution in [0.2, 0.25) is 0 Å². The van der Waals surface area contributed by atoms with Gasteiger partial charge in [-0.15, -0.1) is 0 Å². The van der Waals surface area contributed by atoms with Gasteiger partial charge in [0.1, 0.15) is 12.1 Å². The highest BCUT2D eigenvalue weighted by Crippen LogP contribution is 2.44. The van der Waals surface area contributed by atoms with Gasteiger partial charge in [-0.2, -0.15) is 0 Å². The van der Waals surface area contributed by atoms with Gasteiger partial charge < -0.3 is 20.2 Å². The van der Waals surface area contributed by atoms with Crippen LogP contribution in [0.1, 0.15) is 50.4 Å². The molecule has 2 aromatic carbocycles. The Bertz CT molecular complexity index is 734. The molecule has 4 unspecified atom stereocenters. The molecule has 0 aromatic heterocycles. The van der Waals surface area contributed by atoms with E-state index in [1.807, 2.05) is 0 Å². The third kappa shape index (κ3) is 4.01. The molecule has 1 fully saturated rings. The molecule has 1 heterocycles. The van der Waals surface area contributed by atoms with Crippen LogP contribution in [0.15, 0.2) is 48.5 Å². The molecule has 0 amide bonds. The molecule has 1 aliphatic rings. The number of benzene rings is 2. The minimum atomic E-state index is -0.690. The molecule has 29 heavy (non-hydrogen) atoms. The monoisotopic (exact) mass is 396 g/mol. The summed E-state index contributed by atoms with van der Waals surface area (Å²) in [5.74, 6) is 0.343. The highest BCUT2D eigenvalue weighted by molar-refractivity contribution is 5.47. The molecule has 4 heteroatoms. The van der Waals surface area contributed by atoms with Crippen molar-refractivity contribution in [2.75, 3.05) is 38.0 Å². The van der Waals surface area contributed by atoms with E-state index >= 15 is 0 Å². The maximum atomic E-state index is 11.7. The Morgan fingerprint density at radius 1 is 0.759 bits per heavy atom. The first kappa shape index (κ1) is 21.7. The van der Waals surface area contributed by atoms with Gasteiger partial charge in [0.2, 0.25) is 0 Å². The first-order valence-corrected chi connectivity index (χ1v) is 10.8. The second-order valence-corrected chi connectivity index (χ2v) is 9.14. The molecule has 1 aliphatic heterocycles. The highest BCUT2D eigenvalue weighted by atomic mass is 16.3. The van der Waals surface area contributed by atoms with Crippen LogP contribution in [0.4, 0.5) is 11.4 Å². The number of piperidine rings is 1. The van der Waals surface area contributed by atoms with Gasteiger partial charge in [0.05, 0.1) is 5.60 Å². The minimum absolute atomic E-state index is 0.171. The molecule has 3 rings (SSSR count). The zero-order chi connectivity index (χ0) is 21.3. The maximum Gasteiger partial charge on any atom is 0.117 e. The van der Waals surface area contributed by atoms with E-state index < -0.39 is 5.60 Å². The van der Waals surface area contributed by atoms with Crippen molar-refractivity contribution in [2.24, 2.45) is 11.8 Å². The van der Waals surface area contributed by atoms with Crippen molar-refractivity contribution in [3.8, 4) is 0 Å². The smallest absolute Gasteiger partial charge is 0.117 e. The predicted molar refractivity (Wildman–Crippen MR) is 123 cm³/mol. The summed E-state index contributed by atoms with van der Waals surface area (Å²) in [5.41, 5.74) is 4.29. The van der Waals surface area contributed by atoms with E-state index in [0.29, 0.717) is 0 Å². The van der Waals surface area contributed by atoms with Crippen LogP contribution in [0.5, 0.6) is 0 Å². The molecule has 2 aromatic rings. The summed E-state index contributed by atoms with van der Waals surface area (Å²) in [4.78, 5) is 4.24. The van der Waals surface area contributed by atoms with Crippen molar-refractivity contribution >= 4 is 11.4 Å². The van der Waals surface area contributed by atoms with E-state index in [2.05, 4.69) is 113 Å². The van der Waals surface area contributed by atoms with Crippen LogP contribution in [0, 0.1) is 11.8 Å². The van der Waals surface area contributed by atoms with Crippen LogP contribution < -0.4 is 15.1 Å². The first-order chi connectivity index (χ1) is 13.7. The van der Waals surface area contributed by atoms with Crippen molar-refractivity contribution in [2.45, 2.75) is 44.9 Å². The zero-order valence-electron chi connectivity index (χ0n) is 19.1. The molecule has 4 atom stereocenters. The van der Waals surface area contributed by atoms with E-state index in [1.54, 1.807) is 0 Å². The summed E-state index contributed by atoms with van der Waals surface area (Å²) >= 11 is 0. The maximum absolute atomic E-state index is 11.7. The lowest BCUT2D eigenvalue weighted by Crippen LogP contribution is -2.93. The molecule has 0 radical (unpaired) electrons. The number of hydrogen-bond donors (Lipinski definition) is 2. The van der Waals surface area contributed by atoms with Crippen molar-refractivity contribution in [1.29, 1.82) is 0 Å². The molecule has 1 saturated heterocycles. The number of quaternary nitrogens is 1. The molecule has 158 valence electrons. The van der Waals surface area contributed by atoms with E-state index in [9.17, 15) is 5.11 Å². The molecule has 4 nitrogen and oxygen atoms in total. The average Bonchev–Trinajstić information content (AvgIpc) is 2.72. The molecule has 0 spiro atoms. The average molecular weight is 397 g/mol. The Morgan fingerprint density at radius 3 is 1.38 bits per heavy atom. The number of hydrogen-bond acceptors (Lipinski definition) is 3. The van der Waals surface area contributed by atoms with Gasteiger partial charge in [0.15, 0.2) is 0 Å². The highest BCUT2D eigenvalue weighted by Gasteiger charge is 2.53. The number of aliphatic hydroxyl groups is 1. The number of nitrogens with zero attached hydrogens (tertiary/aromatic N) is 2. The quantitative estimate of drug-likeness (QED) is 0.812. The third-order valence-electron chi connectivity index (χ3n) is 7.22. The summed E-state index contributed by atoms with van der Waals surface area (Å²) in [5, 5.41) is 14.2. The largest absolute Gasteiger partial charge is 0.389 e. The molecule has 0 bridgehead atoms. The summed E-state index contributed by atoms with van der Waals surface area (Å²) in [6.45, 7) is 6.55. The number of nitrogens with two attached hydrogens (primary N) is 1. The van der Waals surface area contributed by atoms with Crippen LogP contribution >= 0.6 is 0 Å². The standard InChI is InChI=1S/C25H37N3O/c1-8-25(29)17(2)23(19-9-13-21(14-10-19)27(4)5)26-24(18(25)3)20-11-15-22(16-12-20)28(6)7/h9-18,23-24,26,29H,8H2,1-7H3/p+1. The zero-order valence-corrected chi connectivity index (χ0v) is 19.1. The fraction of sp³-hybridized carbons (Fsp3) is 0.520. The summed E-state index contributed by atoms with van der Waals surface area (Å²) < 4.78 is 0. The lowest BCUT2D eigenvalue weighted by molar-refractivity contribution is -0.764. The fourth-order valence-corrected chi connectivity index (χ4v) is 5.03. The molecule has 3 N–H and O–H groups in total. The summed E-state index contributed by atoms with van der Waals surface area (Å²) in [6, 6.07) is 18.1. The SMILES string of the molecule is CCC1(O)C(C)C(c2ccc(N(C)C)cc2)[NH2+]C(c2ccc(N(C)C)cc2)C1C. The molecular formula is C25H38N3O+. The van der Waals surface area contributed by atoms with Gasteiger partial charge in [-0.1, -0.05) is 45.0 Å². The van der Waals surface area contributed by atoms with Gasteiger partial charge >= 0.3 is 0 Å². The Hall–Kier alpha value is -2.04. The van der Waals surface area contributed by atoms with Crippen LogP contribution in [-0.2, 0) is 0 Å². The third-order valence-corrected chi connectivity index (χ3v) is 7.22. The van der Waals surface area contributed by atoms with E-state index in [4.69, 9.17) is 0 Å². The molecular weight excluding hydrogens is 358 g/mol. The normalized spacial score (nSPS) is 29.5. The van der Waals surface area contributed by atoms with Crippen LogP contribution in [-0.4, -0.2) is 38.9 Å². The van der Waals surface area contributed by atoms with Crippen LogP contribution in [0.3, 0.4) is 0 Å². The number of anilines is 2. The predicted octanol–water partition coefficient (Wildman–Crippen LogP) is 3.59. The summed E-state index contributed by atoms with van der Waals surface area (Å²) in [7, 11) is 8.26. The van der Waals surface area contributed by atoms with Gasteiger partial charge in [-0.25, -0.2) is 0 Å². The Labute approximate surface area is 176 Å². The van der Waals surface area contributed by atoms with E-state index in [1.165, 1.54) is 22.5 Å². The first-order valence-electron chi connectivity index (χ1n) is 10.8. The second kappa shape index (κ2) is 8.37. The lowest BCUT2D eigenvalue weighted by atomic mass is 9.65. The van der Waals surface area contributed by atoms with Gasteiger partial charge in [0, 0.05) is 62.5 Å². The second-order valence-electron chi connectivity index (χ2n) is 9.14. The minimum Gasteiger partial charge on any atom is -0.389 e. The van der Waals surface area contributed by atoms with Crippen LogP contribution in [0.25, 0.3) is 0 Å². The van der Waals surface area contributed by atoms with Gasteiger partial charge in [-0.3, -0.25) is 0 Å². The Balaban J connectivity index is 1.97. The van der Waals surface area contributed by atoms with Crippen molar-refractivity contribution < 1.29 is 10.4 Å². The van der Waals surface area contributed by atoms with Gasteiger partial charge in [0.25, 0.3) is 0 Å². The molecule has 0 aliphatic carbocycles. The van der Waals surface area contributed by atoms with Crippen molar-refractivity contribution in [1.82, 2.24) is 0 Å². The van der Waals surface area contributed by atoms with E-state index in [-0.39, 0.29) is 23.9 Å². The van der Waals surface area contributed by atoms with Crippen molar-refractivity contribution in [3.05, 3.63) is 59.7 Å². The van der Waals surface area contributed by atoms with Crippen molar-refractivity contribution in [3.63, 3.8) is 0 Å². The summed E-state index contributed by atoms with van der Waals surface area (Å²) in [6.07, 6.45) is 0.766. The Kier molecular flexibility index (Phi) is 6.25. The number of rotatable bonds is 5. The fourth-order valence-electron chi connectivity index (χ4n) is 5.03.